The molecule has 5 heterocycles. The number of rotatable bonds is 4. The fraction of sp³-hybridized carbons (Fsp3) is 0.526. The molecule has 2 aromatic rings. The second-order valence-electron chi connectivity index (χ2n) is 7.74. The Morgan fingerprint density at radius 1 is 1.14 bits per heavy atom. The van der Waals surface area contributed by atoms with Gasteiger partial charge in [-0.3, -0.25) is 0 Å². The maximum Gasteiger partial charge on any atom is 0.446 e. The lowest BCUT2D eigenvalue weighted by molar-refractivity contribution is -0.0328. The molecule has 4 fully saturated rings. The van der Waals surface area contributed by atoms with E-state index in [1.54, 1.807) is 0 Å². The third kappa shape index (κ3) is 4.00. The number of hydrogen-bond donors (Lipinski definition) is 1. The molecule has 6 rings (SSSR count). The fourth-order valence-electron chi connectivity index (χ4n) is 3.90. The Balaban J connectivity index is 1.53. The minimum atomic E-state index is -4.43. The summed E-state index contributed by atoms with van der Waals surface area (Å²) < 4.78 is 44.4. The molecular formula is C19H20F3N5OS. The van der Waals surface area contributed by atoms with E-state index in [4.69, 9.17) is 15.5 Å². The lowest BCUT2D eigenvalue weighted by Crippen LogP contribution is -2.54. The number of nitrogen functional groups attached to an aromatic ring is 1. The average molecular weight is 423 g/mol. The van der Waals surface area contributed by atoms with Crippen molar-refractivity contribution in [1.29, 1.82) is 0 Å². The second-order valence-corrected chi connectivity index (χ2v) is 8.84. The summed E-state index contributed by atoms with van der Waals surface area (Å²) in [6.07, 6.45) is 5.85. The first kappa shape index (κ1) is 18.9. The highest BCUT2D eigenvalue weighted by molar-refractivity contribution is 8.00. The van der Waals surface area contributed by atoms with E-state index in [9.17, 15) is 13.2 Å². The lowest BCUT2D eigenvalue weighted by atomic mass is 9.97. The van der Waals surface area contributed by atoms with Crippen LogP contribution < -0.4 is 10.6 Å². The van der Waals surface area contributed by atoms with E-state index in [1.807, 2.05) is 6.07 Å². The molecule has 0 aromatic carbocycles. The Morgan fingerprint density at radius 3 is 2.59 bits per heavy atom. The summed E-state index contributed by atoms with van der Waals surface area (Å²) in [5, 5.41) is 0. The summed E-state index contributed by atoms with van der Waals surface area (Å²) in [5.41, 5.74) is 2.32. The number of halogens is 3. The Morgan fingerprint density at radius 2 is 1.97 bits per heavy atom. The van der Waals surface area contributed by atoms with Crippen LogP contribution in [0, 0.1) is 0 Å². The molecule has 6 nitrogen and oxygen atoms in total. The number of ether oxygens (including phenoxy) is 1. The highest BCUT2D eigenvalue weighted by Crippen LogP contribution is 2.42. The molecule has 4 aliphatic rings. The normalized spacial score (nSPS) is 24.2. The molecule has 2 aromatic heterocycles. The van der Waals surface area contributed by atoms with Crippen LogP contribution in [-0.2, 0) is 4.74 Å². The molecule has 0 spiro atoms. The SMILES string of the molecule is Nc1ncc(-c2cc(N3C[C@@H]4CC[C@H]3CO4)nc(C3CC3)n2)cc1SC(F)(F)F. The number of morpholine rings is 1. The molecule has 2 atom stereocenters. The van der Waals surface area contributed by atoms with Gasteiger partial charge in [-0.25, -0.2) is 15.0 Å². The Bertz CT molecular complexity index is 929. The van der Waals surface area contributed by atoms with Crippen molar-refractivity contribution >= 4 is 23.4 Å². The van der Waals surface area contributed by atoms with Gasteiger partial charge in [0.05, 0.1) is 29.3 Å². The van der Waals surface area contributed by atoms with Crippen molar-refractivity contribution in [2.24, 2.45) is 0 Å². The molecule has 3 aliphatic heterocycles. The number of nitrogens with zero attached hydrogens (tertiary/aromatic N) is 4. The zero-order valence-electron chi connectivity index (χ0n) is 15.5. The largest absolute Gasteiger partial charge is 0.446 e. The summed E-state index contributed by atoms with van der Waals surface area (Å²) in [6, 6.07) is 3.53. The van der Waals surface area contributed by atoms with Gasteiger partial charge in [0.25, 0.3) is 0 Å². The molecule has 154 valence electrons. The van der Waals surface area contributed by atoms with Crippen LogP contribution in [0.1, 0.15) is 37.4 Å². The first-order chi connectivity index (χ1) is 13.9. The van der Waals surface area contributed by atoms with E-state index < -0.39 is 5.51 Å². The van der Waals surface area contributed by atoms with Crippen molar-refractivity contribution < 1.29 is 17.9 Å². The zero-order valence-corrected chi connectivity index (χ0v) is 16.3. The first-order valence-corrected chi connectivity index (χ1v) is 10.5. The summed E-state index contributed by atoms with van der Waals surface area (Å²) in [4.78, 5) is 15.6. The van der Waals surface area contributed by atoms with Gasteiger partial charge in [-0.05, 0) is 43.5 Å². The molecule has 3 saturated heterocycles. The van der Waals surface area contributed by atoms with Gasteiger partial charge < -0.3 is 15.4 Å². The molecule has 1 aliphatic carbocycles. The minimum absolute atomic E-state index is 0.117. The number of alkyl halides is 3. The molecule has 2 bridgehead atoms. The smallest absolute Gasteiger partial charge is 0.383 e. The first-order valence-electron chi connectivity index (χ1n) is 9.64. The molecular weight excluding hydrogens is 403 g/mol. The van der Waals surface area contributed by atoms with Gasteiger partial charge in [0.2, 0.25) is 0 Å². The summed E-state index contributed by atoms with van der Waals surface area (Å²) >= 11 is -0.257. The standard InChI is InChI=1S/C19H20F3N5OS/c20-19(21,22)29-15-5-11(7-24-17(15)23)14-6-16(26-18(25-14)10-1-2-10)27-8-13-4-3-12(27)9-28-13/h5-7,10,12-13H,1-4,8-9H2,(H2,23,24)/t12-,13-/m0/s1. The maximum atomic E-state index is 12.9. The van der Waals surface area contributed by atoms with Crippen LogP contribution in [0.15, 0.2) is 23.2 Å². The molecule has 0 radical (unpaired) electrons. The van der Waals surface area contributed by atoms with Crippen LogP contribution in [0.3, 0.4) is 0 Å². The number of nitrogens with two attached hydrogens (primary N) is 1. The molecule has 10 heteroatoms. The number of aromatic nitrogens is 3. The van der Waals surface area contributed by atoms with E-state index in [-0.39, 0.29) is 34.6 Å². The van der Waals surface area contributed by atoms with Gasteiger partial charge in [-0.2, -0.15) is 13.2 Å². The lowest BCUT2D eigenvalue weighted by Gasteiger charge is -2.45. The van der Waals surface area contributed by atoms with Crippen molar-refractivity contribution in [3.05, 3.63) is 24.2 Å². The van der Waals surface area contributed by atoms with E-state index >= 15 is 0 Å². The number of fused-ring (bicyclic) bond motifs is 3. The third-order valence-corrected chi connectivity index (χ3v) is 6.34. The van der Waals surface area contributed by atoms with E-state index in [1.165, 1.54) is 12.3 Å². The molecule has 1 saturated carbocycles. The van der Waals surface area contributed by atoms with Crippen LogP contribution in [-0.4, -0.2) is 45.8 Å². The minimum Gasteiger partial charge on any atom is -0.383 e. The predicted molar refractivity (Wildman–Crippen MR) is 104 cm³/mol. The average Bonchev–Trinajstić information content (AvgIpc) is 3.54. The fourth-order valence-corrected chi connectivity index (χ4v) is 4.50. The van der Waals surface area contributed by atoms with Gasteiger partial charge in [-0.15, -0.1) is 0 Å². The van der Waals surface area contributed by atoms with Gasteiger partial charge in [-0.1, -0.05) is 0 Å². The quantitative estimate of drug-likeness (QED) is 0.746. The summed E-state index contributed by atoms with van der Waals surface area (Å²) in [6.45, 7) is 1.46. The summed E-state index contributed by atoms with van der Waals surface area (Å²) in [5.74, 6) is 1.74. The topological polar surface area (TPSA) is 77.2 Å². The Labute approximate surface area is 170 Å². The van der Waals surface area contributed by atoms with E-state index in [0.717, 1.165) is 43.9 Å². The molecule has 2 N–H and O–H groups in total. The van der Waals surface area contributed by atoms with E-state index in [2.05, 4.69) is 14.9 Å². The van der Waals surface area contributed by atoms with E-state index in [0.29, 0.717) is 23.8 Å². The monoisotopic (exact) mass is 423 g/mol. The number of thioether (sulfide) groups is 1. The van der Waals surface area contributed by atoms with Gasteiger partial charge in [0, 0.05) is 30.3 Å². The number of anilines is 2. The highest BCUT2D eigenvalue weighted by Gasteiger charge is 2.37. The third-order valence-electron chi connectivity index (χ3n) is 5.56. The van der Waals surface area contributed by atoms with Gasteiger partial charge in [0.1, 0.15) is 17.5 Å². The van der Waals surface area contributed by atoms with Crippen molar-refractivity contribution in [2.45, 2.75) is 54.2 Å². The van der Waals surface area contributed by atoms with Gasteiger partial charge >= 0.3 is 5.51 Å². The molecule has 0 unspecified atom stereocenters. The number of hydrogen-bond acceptors (Lipinski definition) is 7. The maximum absolute atomic E-state index is 12.9. The van der Waals surface area contributed by atoms with Crippen LogP contribution in [0.4, 0.5) is 24.8 Å². The van der Waals surface area contributed by atoms with Crippen molar-refractivity contribution in [3.63, 3.8) is 0 Å². The second kappa shape index (κ2) is 7.02. The van der Waals surface area contributed by atoms with Crippen molar-refractivity contribution in [1.82, 2.24) is 15.0 Å². The van der Waals surface area contributed by atoms with Crippen molar-refractivity contribution in [2.75, 3.05) is 23.8 Å². The zero-order chi connectivity index (χ0) is 20.2. The molecule has 0 amide bonds. The van der Waals surface area contributed by atoms with Crippen LogP contribution in [0.2, 0.25) is 0 Å². The number of pyridine rings is 1. The summed E-state index contributed by atoms with van der Waals surface area (Å²) in [7, 11) is 0. The predicted octanol–water partition coefficient (Wildman–Crippen LogP) is 3.98. The van der Waals surface area contributed by atoms with Crippen LogP contribution >= 0.6 is 11.8 Å². The highest BCUT2D eigenvalue weighted by atomic mass is 32.2. The Kier molecular flexibility index (Phi) is 4.58. The van der Waals surface area contributed by atoms with Crippen LogP contribution in [0.5, 0.6) is 0 Å². The van der Waals surface area contributed by atoms with Crippen molar-refractivity contribution in [3.8, 4) is 11.3 Å². The van der Waals surface area contributed by atoms with Gasteiger partial charge in [0.15, 0.2) is 0 Å². The number of piperidine rings is 1. The van der Waals surface area contributed by atoms with Crippen LogP contribution in [0.25, 0.3) is 11.3 Å². The molecule has 29 heavy (non-hydrogen) atoms. The Hall–Kier alpha value is -2.07.